The first-order valence-electron chi connectivity index (χ1n) is 13.5. The van der Waals surface area contributed by atoms with Crippen molar-refractivity contribution in [2.75, 3.05) is 25.0 Å². The lowest BCUT2D eigenvalue weighted by atomic mass is 9.63. The third-order valence-corrected chi connectivity index (χ3v) is 8.55. The Morgan fingerprint density at radius 3 is 2.71 bits per heavy atom. The number of anilines is 1. The maximum atomic E-state index is 13.4. The highest BCUT2D eigenvalue weighted by molar-refractivity contribution is 5.96. The molecule has 1 aliphatic heterocycles. The van der Waals surface area contributed by atoms with E-state index in [1.807, 2.05) is 11.0 Å². The number of aliphatic hydroxyl groups excluding tert-OH is 1. The third-order valence-electron chi connectivity index (χ3n) is 8.55. The van der Waals surface area contributed by atoms with Crippen molar-refractivity contribution < 1.29 is 27.8 Å². The van der Waals surface area contributed by atoms with E-state index in [9.17, 15) is 27.9 Å². The number of rotatable bonds is 7. The molecule has 4 aromatic rings. The highest BCUT2D eigenvalue weighted by Gasteiger charge is 2.53. The van der Waals surface area contributed by atoms with E-state index in [0.29, 0.717) is 24.0 Å². The van der Waals surface area contributed by atoms with Crippen molar-refractivity contribution in [2.24, 2.45) is 11.3 Å². The van der Waals surface area contributed by atoms with Crippen LogP contribution in [0, 0.1) is 11.3 Å². The van der Waals surface area contributed by atoms with E-state index in [-0.39, 0.29) is 29.3 Å². The Morgan fingerprint density at radius 1 is 1.21 bits per heavy atom. The molecule has 1 aliphatic carbocycles. The van der Waals surface area contributed by atoms with Crippen LogP contribution in [-0.4, -0.2) is 62.5 Å². The highest BCUT2D eigenvalue weighted by Crippen LogP contribution is 2.52. The fourth-order valence-electron chi connectivity index (χ4n) is 5.96. The van der Waals surface area contributed by atoms with Gasteiger partial charge in [0.25, 0.3) is 5.56 Å². The largest absolute Gasteiger partial charge is 0.573 e. The zero-order valence-electron chi connectivity index (χ0n) is 22.6. The van der Waals surface area contributed by atoms with Crippen LogP contribution in [0.4, 0.5) is 18.9 Å². The maximum Gasteiger partial charge on any atom is 0.573 e. The molecule has 2 aromatic heterocycles. The molecule has 2 aromatic carbocycles. The van der Waals surface area contributed by atoms with Gasteiger partial charge in [-0.25, -0.2) is 4.98 Å². The van der Waals surface area contributed by atoms with Gasteiger partial charge in [-0.05, 0) is 67.6 Å². The molecule has 1 saturated carbocycles. The van der Waals surface area contributed by atoms with E-state index >= 15 is 0 Å². The number of ether oxygens (including phenoxy) is 1. The second-order valence-electron chi connectivity index (χ2n) is 11.0. The van der Waals surface area contributed by atoms with Crippen molar-refractivity contribution in [1.82, 2.24) is 19.4 Å². The summed E-state index contributed by atoms with van der Waals surface area (Å²) in [4.78, 5) is 37.1. The number of benzene rings is 2. The van der Waals surface area contributed by atoms with Gasteiger partial charge in [0.1, 0.15) is 6.33 Å². The number of carbonyl (C=O) groups is 1. The minimum absolute atomic E-state index is 0.0352. The Hall–Kier alpha value is -4.29. The van der Waals surface area contributed by atoms with Crippen molar-refractivity contribution in [1.29, 1.82) is 0 Å². The molecular formula is C30H28F3N5O4. The molecule has 0 radical (unpaired) electrons. The van der Waals surface area contributed by atoms with Crippen LogP contribution in [0.5, 0.6) is 5.75 Å². The molecule has 9 nitrogen and oxygen atoms in total. The average molecular weight is 580 g/mol. The molecule has 2 N–H and O–H groups in total. The Balaban J connectivity index is 1.31. The number of pyridine rings is 1. The number of alkyl halides is 3. The zero-order valence-corrected chi connectivity index (χ0v) is 22.6. The molecular weight excluding hydrogens is 551 g/mol. The summed E-state index contributed by atoms with van der Waals surface area (Å²) in [6.07, 6.45) is 1.50. The molecule has 3 atom stereocenters. The van der Waals surface area contributed by atoms with Crippen molar-refractivity contribution in [2.45, 2.75) is 32.2 Å². The lowest BCUT2D eigenvalue weighted by Gasteiger charge is -2.42. The summed E-state index contributed by atoms with van der Waals surface area (Å²) >= 11 is 0. The van der Waals surface area contributed by atoms with Gasteiger partial charge in [0.05, 0.1) is 34.9 Å². The fourth-order valence-corrected chi connectivity index (χ4v) is 5.96. The van der Waals surface area contributed by atoms with E-state index in [4.69, 9.17) is 0 Å². The number of hydrogen-bond acceptors (Lipinski definition) is 7. The summed E-state index contributed by atoms with van der Waals surface area (Å²) in [6.45, 7) is 2.88. The summed E-state index contributed by atoms with van der Waals surface area (Å²) in [5.74, 6) is -0.846. The number of hydrogen-bond donors (Lipinski definition) is 2. The van der Waals surface area contributed by atoms with Gasteiger partial charge < -0.3 is 15.2 Å². The van der Waals surface area contributed by atoms with Gasteiger partial charge in [-0.2, -0.15) is 0 Å². The number of aromatic nitrogens is 3. The maximum absolute atomic E-state index is 13.4. The van der Waals surface area contributed by atoms with E-state index in [1.165, 1.54) is 23.0 Å². The minimum Gasteiger partial charge on any atom is -0.404 e. The van der Waals surface area contributed by atoms with Gasteiger partial charge in [0.15, 0.2) is 5.75 Å². The van der Waals surface area contributed by atoms with E-state index < -0.39 is 29.6 Å². The van der Waals surface area contributed by atoms with E-state index in [2.05, 4.69) is 20.0 Å². The van der Waals surface area contributed by atoms with Gasteiger partial charge >= 0.3 is 6.36 Å². The summed E-state index contributed by atoms with van der Waals surface area (Å²) in [6, 6.07) is 11.8. The first kappa shape index (κ1) is 27.9. The van der Waals surface area contributed by atoms with Crippen molar-refractivity contribution >= 4 is 22.5 Å². The first-order valence-corrected chi connectivity index (χ1v) is 13.5. The number of aliphatic hydroxyl groups is 1. The Labute approximate surface area is 238 Å². The quantitative estimate of drug-likeness (QED) is 0.335. The third kappa shape index (κ3) is 5.12. The molecule has 6 rings (SSSR count). The standard InChI is InChI=1S/C30H28F3N5O4/c1-18(37-14-21-8-9-29(21,15-37)16-39)27(40)36-25-12-22(5-7-26(25)42-30(31,32)33)38-17-35-24-11-19(4-6-23(24)28(38)41)20-3-2-10-34-13-20/h2-7,10-13,17-18,21,39H,8-9,14-16H2,1H3,(H,36,40). The molecule has 3 unspecified atom stereocenters. The van der Waals surface area contributed by atoms with Gasteiger partial charge in [0.2, 0.25) is 5.91 Å². The van der Waals surface area contributed by atoms with Crippen LogP contribution in [0.3, 0.4) is 0 Å². The monoisotopic (exact) mass is 579 g/mol. The number of fused-ring (bicyclic) bond motifs is 2. The van der Waals surface area contributed by atoms with Crippen LogP contribution < -0.4 is 15.6 Å². The number of amides is 1. The molecule has 12 heteroatoms. The SMILES string of the molecule is CC(C(=O)Nc1cc(-n2cnc3cc(-c4cccnc4)ccc3c2=O)ccc1OC(F)(F)F)N1CC2CCC2(CO)C1. The van der Waals surface area contributed by atoms with Gasteiger partial charge in [-0.3, -0.25) is 24.0 Å². The molecule has 218 valence electrons. The molecule has 1 saturated heterocycles. The van der Waals surface area contributed by atoms with Gasteiger partial charge in [0, 0.05) is 36.5 Å². The molecule has 0 bridgehead atoms. The smallest absolute Gasteiger partial charge is 0.404 e. The molecule has 0 spiro atoms. The highest BCUT2D eigenvalue weighted by atomic mass is 19.4. The van der Waals surface area contributed by atoms with Crippen LogP contribution >= 0.6 is 0 Å². The number of carbonyl (C=O) groups excluding carboxylic acids is 1. The molecule has 2 aliphatic rings. The normalized spacial score (nSPS) is 21.0. The second-order valence-corrected chi connectivity index (χ2v) is 11.0. The van der Waals surface area contributed by atoms with Crippen LogP contribution in [0.1, 0.15) is 19.8 Å². The Morgan fingerprint density at radius 2 is 2.05 bits per heavy atom. The topological polar surface area (TPSA) is 110 Å². The molecule has 2 fully saturated rings. The van der Waals surface area contributed by atoms with Crippen molar-refractivity contribution in [3.05, 3.63) is 77.6 Å². The molecule has 42 heavy (non-hydrogen) atoms. The Kier molecular flexibility index (Phi) is 6.98. The zero-order chi connectivity index (χ0) is 29.6. The van der Waals surface area contributed by atoms with Crippen LogP contribution in [0.2, 0.25) is 0 Å². The summed E-state index contributed by atoms with van der Waals surface area (Å²) < 4.78 is 45.1. The minimum atomic E-state index is -5.00. The molecule has 1 amide bonds. The van der Waals surface area contributed by atoms with E-state index in [1.54, 1.807) is 43.6 Å². The first-order chi connectivity index (χ1) is 20.1. The fraction of sp³-hybridized carbons (Fsp3) is 0.333. The van der Waals surface area contributed by atoms with Crippen LogP contribution in [0.25, 0.3) is 27.7 Å². The number of nitrogens with one attached hydrogen (secondary N) is 1. The van der Waals surface area contributed by atoms with Gasteiger partial charge in [-0.15, -0.1) is 13.2 Å². The predicted octanol–water partition coefficient (Wildman–Crippen LogP) is 4.38. The molecule has 3 heterocycles. The van der Waals surface area contributed by atoms with Gasteiger partial charge in [-0.1, -0.05) is 12.1 Å². The average Bonchev–Trinajstić information content (AvgIpc) is 3.23. The number of halogens is 3. The van der Waals surface area contributed by atoms with Crippen molar-refractivity contribution in [3.8, 4) is 22.6 Å². The summed E-state index contributed by atoms with van der Waals surface area (Å²) in [5.41, 5.74) is 1.42. The van der Waals surface area contributed by atoms with E-state index in [0.717, 1.165) is 30.0 Å². The number of nitrogens with zero attached hydrogens (tertiary/aromatic N) is 4. The predicted molar refractivity (Wildman–Crippen MR) is 149 cm³/mol. The summed E-state index contributed by atoms with van der Waals surface area (Å²) in [7, 11) is 0. The lowest BCUT2D eigenvalue weighted by Crippen LogP contribution is -2.44. The number of likely N-dealkylation sites (tertiary alicyclic amines) is 1. The van der Waals surface area contributed by atoms with Crippen LogP contribution in [0.15, 0.2) is 72.0 Å². The summed E-state index contributed by atoms with van der Waals surface area (Å²) in [5, 5.41) is 12.8. The van der Waals surface area contributed by atoms with Crippen molar-refractivity contribution in [3.63, 3.8) is 0 Å². The van der Waals surface area contributed by atoms with Crippen LogP contribution in [-0.2, 0) is 4.79 Å². The lowest BCUT2D eigenvalue weighted by molar-refractivity contribution is -0.274. The second kappa shape index (κ2) is 10.5. The Bertz CT molecular complexity index is 1710.